The highest BCUT2D eigenvalue weighted by atomic mass is 16.5. The fraction of sp³-hybridized carbons (Fsp3) is 0.182. The van der Waals surface area contributed by atoms with Crippen LogP contribution in [0.1, 0.15) is 5.56 Å². The number of para-hydroxylation sites is 1. The van der Waals surface area contributed by atoms with Crippen molar-refractivity contribution in [3.63, 3.8) is 0 Å². The van der Waals surface area contributed by atoms with E-state index in [-0.39, 0.29) is 6.10 Å². The Morgan fingerprint density at radius 3 is 3.00 bits per heavy atom. The van der Waals surface area contributed by atoms with Crippen LogP contribution in [0.2, 0.25) is 0 Å². The van der Waals surface area contributed by atoms with Gasteiger partial charge in [0.25, 0.3) is 0 Å². The first kappa shape index (κ1) is 7.41. The minimum Gasteiger partial charge on any atom is -0.486 e. The largest absolute Gasteiger partial charge is 0.486 e. The van der Waals surface area contributed by atoms with E-state index in [0.29, 0.717) is 0 Å². The first-order chi connectivity index (χ1) is 5.90. The van der Waals surface area contributed by atoms with Crippen LogP contribution in [-0.4, -0.2) is 6.10 Å². The van der Waals surface area contributed by atoms with E-state index in [1.54, 1.807) is 6.08 Å². The van der Waals surface area contributed by atoms with Gasteiger partial charge >= 0.3 is 0 Å². The zero-order chi connectivity index (χ0) is 8.39. The average molecular weight is 159 g/mol. The van der Waals surface area contributed by atoms with Crippen molar-refractivity contribution in [2.45, 2.75) is 12.5 Å². The zero-order valence-corrected chi connectivity index (χ0v) is 6.86. The van der Waals surface area contributed by atoms with E-state index < -0.39 is 0 Å². The third-order valence-electron chi connectivity index (χ3n) is 2.02. The van der Waals surface area contributed by atoms with Crippen molar-refractivity contribution in [1.82, 2.24) is 0 Å². The maximum Gasteiger partial charge on any atom is 0.123 e. The third kappa shape index (κ3) is 1.22. The molecular formula is C11H11O. The van der Waals surface area contributed by atoms with Crippen LogP contribution in [0.15, 0.2) is 36.4 Å². The molecule has 1 unspecified atom stereocenters. The van der Waals surface area contributed by atoms with Crippen molar-refractivity contribution >= 4 is 0 Å². The van der Waals surface area contributed by atoms with Gasteiger partial charge in [-0.15, -0.1) is 0 Å². The van der Waals surface area contributed by atoms with Gasteiger partial charge < -0.3 is 4.74 Å². The van der Waals surface area contributed by atoms with Gasteiger partial charge in [-0.1, -0.05) is 24.3 Å². The third-order valence-corrected chi connectivity index (χ3v) is 2.02. The first-order valence-corrected chi connectivity index (χ1v) is 4.10. The van der Waals surface area contributed by atoms with E-state index in [0.717, 1.165) is 12.2 Å². The van der Waals surface area contributed by atoms with Crippen molar-refractivity contribution in [1.29, 1.82) is 0 Å². The Labute approximate surface area is 72.7 Å². The van der Waals surface area contributed by atoms with Crippen LogP contribution in [0.4, 0.5) is 0 Å². The molecule has 0 saturated heterocycles. The Morgan fingerprint density at radius 2 is 2.25 bits per heavy atom. The Balaban J connectivity index is 2.22. The van der Waals surface area contributed by atoms with Crippen LogP contribution < -0.4 is 4.74 Å². The number of ether oxygens (including phenoxy) is 1. The number of fused-ring (bicyclic) bond motifs is 1. The van der Waals surface area contributed by atoms with Gasteiger partial charge in [-0.25, -0.2) is 0 Å². The normalized spacial score (nSPS) is 20.9. The molecule has 61 valence electrons. The average Bonchev–Trinajstić information content (AvgIpc) is 2.47. The van der Waals surface area contributed by atoms with Gasteiger partial charge in [0.1, 0.15) is 11.9 Å². The van der Waals surface area contributed by atoms with Gasteiger partial charge in [0.2, 0.25) is 0 Å². The molecule has 1 nitrogen and oxygen atoms in total. The molecule has 0 spiro atoms. The number of allylic oxidation sites excluding steroid dienone is 1. The molecule has 1 aromatic carbocycles. The van der Waals surface area contributed by atoms with Crippen molar-refractivity contribution < 1.29 is 4.74 Å². The molecule has 2 rings (SSSR count). The number of hydrogen-bond acceptors (Lipinski definition) is 1. The minimum absolute atomic E-state index is 0.194. The van der Waals surface area contributed by atoms with Gasteiger partial charge in [-0.2, -0.15) is 0 Å². The molecule has 0 fully saturated rings. The van der Waals surface area contributed by atoms with E-state index in [1.165, 1.54) is 5.56 Å². The highest BCUT2D eigenvalue weighted by Gasteiger charge is 2.18. The van der Waals surface area contributed by atoms with Gasteiger partial charge in [0.05, 0.1) is 0 Å². The van der Waals surface area contributed by atoms with Crippen molar-refractivity contribution in [3.05, 3.63) is 48.9 Å². The Morgan fingerprint density at radius 1 is 1.42 bits per heavy atom. The maximum absolute atomic E-state index is 5.62. The van der Waals surface area contributed by atoms with Crippen LogP contribution in [0.5, 0.6) is 5.75 Å². The summed E-state index contributed by atoms with van der Waals surface area (Å²) in [5.41, 5.74) is 1.29. The monoisotopic (exact) mass is 159 g/mol. The molecule has 0 saturated carbocycles. The van der Waals surface area contributed by atoms with Crippen LogP contribution >= 0.6 is 0 Å². The smallest absolute Gasteiger partial charge is 0.123 e. The summed E-state index contributed by atoms with van der Waals surface area (Å²) in [5, 5.41) is 0. The van der Waals surface area contributed by atoms with Gasteiger partial charge in [0, 0.05) is 6.42 Å². The van der Waals surface area contributed by atoms with Crippen molar-refractivity contribution in [3.8, 4) is 5.75 Å². The molecule has 1 aliphatic rings. The highest BCUT2D eigenvalue weighted by molar-refractivity contribution is 5.38. The summed E-state index contributed by atoms with van der Waals surface area (Å²) in [4.78, 5) is 0. The topological polar surface area (TPSA) is 9.23 Å². The van der Waals surface area contributed by atoms with E-state index in [2.05, 4.69) is 13.0 Å². The van der Waals surface area contributed by atoms with E-state index in [9.17, 15) is 0 Å². The quantitative estimate of drug-likeness (QED) is 0.611. The van der Waals surface area contributed by atoms with Crippen molar-refractivity contribution in [2.75, 3.05) is 0 Å². The molecular weight excluding hydrogens is 148 g/mol. The number of benzene rings is 1. The predicted molar refractivity (Wildman–Crippen MR) is 49.1 cm³/mol. The molecule has 0 aromatic heterocycles. The predicted octanol–water partition coefficient (Wildman–Crippen LogP) is 2.38. The summed E-state index contributed by atoms with van der Waals surface area (Å²) in [7, 11) is 0. The van der Waals surface area contributed by atoms with Crippen molar-refractivity contribution in [2.24, 2.45) is 0 Å². The molecule has 1 atom stereocenters. The van der Waals surface area contributed by atoms with E-state index in [1.807, 2.05) is 24.3 Å². The summed E-state index contributed by atoms with van der Waals surface area (Å²) < 4.78 is 5.62. The second kappa shape index (κ2) is 3.02. The summed E-state index contributed by atoms with van der Waals surface area (Å²) in [6.45, 7) is 3.65. The molecule has 1 radical (unpaired) electrons. The minimum atomic E-state index is 0.194. The molecule has 1 aromatic rings. The Hall–Kier alpha value is -1.24. The van der Waals surface area contributed by atoms with Gasteiger partial charge in [0.15, 0.2) is 0 Å². The molecule has 1 heteroatoms. The lowest BCUT2D eigenvalue weighted by molar-refractivity contribution is 0.283. The molecule has 1 heterocycles. The standard InChI is InChI=1S/C11H11O/c1-2-5-10-8-9-6-3-4-7-11(9)12-10/h2-7,10H,1,8H2. The second-order valence-electron chi connectivity index (χ2n) is 2.90. The first-order valence-electron chi connectivity index (χ1n) is 4.10. The molecule has 0 N–H and O–H groups in total. The zero-order valence-electron chi connectivity index (χ0n) is 6.86. The van der Waals surface area contributed by atoms with Gasteiger partial charge in [-0.05, 0) is 24.6 Å². The molecule has 1 aliphatic heterocycles. The fourth-order valence-corrected chi connectivity index (χ4v) is 1.47. The lowest BCUT2D eigenvalue weighted by Crippen LogP contribution is -2.07. The molecule has 12 heavy (non-hydrogen) atoms. The van der Waals surface area contributed by atoms with Crippen LogP contribution in [0.3, 0.4) is 0 Å². The number of rotatable bonds is 1. The highest BCUT2D eigenvalue weighted by Crippen LogP contribution is 2.28. The molecule has 0 aliphatic carbocycles. The Kier molecular flexibility index (Phi) is 1.86. The van der Waals surface area contributed by atoms with E-state index in [4.69, 9.17) is 4.74 Å². The fourth-order valence-electron chi connectivity index (χ4n) is 1.47. The van der Waals surface area contributed by atoms with E-state index >= 15 is 0 Å². The summed E-state index contributed by atoms with van der Waals surface area (Å²) in [6.07, 6.45) is 4.94. The summed E-state index contributed by atoms with van der Waals surface area (Å²) in [6, 6.07) is 8.14. The van der Waals surface area contributed by atoms with Crippen LogP contribution in [-0.2, 0) is 6.42 Å². The Bertz CT molecular complexity index is 277. The lowest BCUT2D eigenvalue weighted by Gasteiger charge is -2.02. The number of hydrogen-bond donors (Lipinski definition) is 0. The maximum atomic E-state index is 5.62. The molecule has 0 amide bonds. The lowest BCUT2D eigenvalue weighted by atomic mass is 10.1. The van der Waals surface area contributed by atoms with Crippen LogP contribution in [0.25, 0.3) is 0 Å². The molecule has 0 bridgehead atoms. The van der Waals surface area contributed by atoms with Gasteiger partial charge in [-0.3, -0.25) is 0 Å². The summed E-state index contributed by atoms with van der Waals surface area (Å²) >= 11 is 0. The SMILES string of the molecule is [CH2]C=CC1Cc2ccccc2O1. The van der Waals surface area contributed by atoms with Crippen LogP contribution in [0, 0.1) is 6.92 Å². The summed E-state index contributed by atoms with van der Waals surface area (Å²) in [5.74, 6) is 1.01. The second-order valence-corrected chi connectivity index (χ2v) is 2.90.